The van der Waals surface area contributed by atoms with E-state index >= 15 is 0 Å². The number of nitrogens with zero attached hydrogens (tertiary/aromatic N) is 3. The fourth-order valence-electron chi connectivity index (χ4n) is 4.36. The van der Waals surface area contributed by atoms with E-state index in [4.69, 9.17) is 4.74 Å². The highest BCUT2D eigenvalue weighted by atomic mass is 19.1. The van der Waals surface area contributed by atoms with Crippen molar-refractivity contribution in [2.75, 3.05) is 0 Å². The number of benzene rings is 3. The van der Waals surface area contributed by atoms with Crippen molar-refractivity contribution in [3.05, 3.63) is 113 Å². The Bertz CT molecular complexity index is 1630. The summed E-state index contributed by atoms with van der Waals surface area (Å²) < 4.78 is 21.8. The predicted octanol–water partition coefficient (Wildman–Crippen LogP) is 7.06. The maximum Gasteiger partial charge on any atom is 0.149 e. The molecular formula is C30H25FN4O. The van der Waals surface area contributed by atoms with Crippen molar-refractivity contribution in [1.82, 2.24) is 14.5 Å². The van der Waals surface area contributed by atoms with Crippen LogP contribution < -0.4 is 4.74 Å². The van der Waals surface area contributed by atoms with Gasteiger partial charge in [0.05, 0.1) is 16.6 Å². The van der Waals surface area contributed by atoms with Crippen molar-refractivity contribution in [2.45, 2.75) is 27.4 Å². The first-order chi connectivity index (χ1) is 17.4. The molecule has 5 aromatic rings. The lowest BCUT2D eigenvalue weighted by atomic mass is 10.1. The number of aromatic amines is 1. The number of hydrogen-bond donors (Lipinski definition) is 1. The Kier molecular flexibility index (Phi) is 6.14. The second-order valence-corrected chi connectivity index (χ2v) is 8.81. The highest BCUT2D eigenvalue weighted by Gasteiger charge is 2.13. The number of aryl methyl sites for hydroxylation is 2. The van der Waals surface area contributed by atoms with Gasteiger partial charge in [-0.25, -0.2) is 9.37 Å². The summed E-state index contributed by atoms with van der Waals surface area (Å²) in [7, 11) is 0. The Hall–Kier alpha value is -4.63. The van der Waals surface area contributed by atoms with Crippen LogP contribution in [-0.2, 0) is 6.61 Å². The van der Waals surface area contributed by atoms with Crippen LogP contribution in [0.3, 0.4) is 0 Å². The molecule has 1 N–H and O–H groups in total. The lowest BCUT2D eigenvalue weighted by Crippen LogP contribution is -2.01. The number of rotatable bonds is 6. The van der Waals surface area contributed by atoms with Gasteiger partial charge in [-0.3, -0.25) is 0 Å². The van der Waals surface area contributed by atoms with E-state index in [9.17, 15) is 9.65 Å². The van der Waals surface area contributed by atoms with Crippen LogP contribution in [0.2, 0.25) is 0 Å². The standard InChI is InChI=1S/C30H25FN4O/c1-19-8-13-28-29(14-19)34-30(33-28)24(17-32)16-23-15-20(2)35(21(23)3)25-9-11-26(12-10-25)36-18-22-6-4-5-7-27(22)31/h4-16H,18H2,1-3H3,(H,33,34)/b24-16-. The molecule has 2 heterocycles. The molecule has 0 saturated carbocycles. The minimum atomic E-state index is -0.275. The van der Waals surface area contributed by atoms with Crippen molar-refractivity contribution in [1.29, 1.82) is 5.26 Å². The summed E-state index contributed by atoms with van der Waals surface area (Å²) in [6, 6.07) is 24.6. The number of aromatic nitrogens is 3. The van der Waals surface area contributed by atoms with Gasteiger partial charge in [0.1, 0.15) is 30.1 Å². The molecule has 0 fully saturated rings. The van der Waals surface area contributed by atoms with Crippen LogP contribution in [0.1, 0.15) is 33.9 Å². The zero-order chi connectivity index (χ0) is 25.2. The molecule has 0 amide bonds. The third-order valence-corrected chi connectivity index (χ3v) is 6.23. The van der Waals surface area contributed by atoms with Crippen LogP contribution in [0.25, 0.3) is 28.4 Å². The van der Waals surface area contributed by atoms with Crippen molar-refractivity contribution in [3.8, 4) is 17.5 Å². The highest BCUT2D eigenvalue weighted by Crippen LogP contribution is 2.27. The number of nitrogens with one attached hydrogen (secondary N) is 1. The zero-order valence-electron chi connectivity index (χ0n) is 20.3. The molecule has 2 aromatic heterocycles. The molecule has 0 bridgehead atoms. The second kappa shape index (κ2) is 9.55. The maximum absolute atomic E-state index is 13.8. The van der Waals surface area contributed by atoms with Gasteiger partial charge in [-0.2, -0.15) is 5.26 Å². The lowest BCUT2D eigenvalue weighted by molar-refractivity contribution is 0.300. The third kappa shape index (κ3) is 4.51. The fourth-order valence-corrected chi connectivity index (χ4v) is 4.36. The number of halogens is 1. The van der Waals surface area contributed by atoms with Crippen molar-refractivity contribution in [3.63, 3.8) is 0 Å². The Morgan fingerprint density at radius 2 is 1.83 bits per heavy atom. The molecule has 0 atom stereocenters. The summed E-state index contributed by atoms with van der Waals surface area (Å²) in [5, 5.41) is 9.86. The number of hydrogen-bond acceptors (Lipinski definition) is 3. The number of imidazole rings is 1. The molecule has 0 radical (unpaired) electrons. The molecule has 3 aromatic carbocycles. The molecule has 6 heteroatoms. The monoisotopic (exact) mass is 476 g/mol. The predicted molar refractivity (Wildman–Crippen MR) is 140 cm³/mol. The van der Waals surface area contributed by atoms with Crippen molar-refractivity contribution >= 4 is 22.7 Å². The number of nitriles is 1. The highest BCUT2D eigenvalue weighted by molar-refractivity contribution is 5.91. The van der Waals surface area contributed by atoms with Gasteiger partial charge >= 0.3 is 0 Å². The third-order valence-electron chi connectivity index (χ3n) is 6.23. The zero-order valence-corrected chi connectivity index (χ0v) is 20.3. The van der Waals surface area contributed by atoms with Gasteiger partial charge < -0.3 is 14.3 Å². The van der Waals surface area contributed by atoms with E-state index in [2.05, 4.69) is 26.7 Å². The average molecular weight is 477 g/mol. The fraction of sp³-hybridized carbons (Fsp3) is 0.133. The molecule has 0 aliphatic carbocycles. The van der Waals surface area contributed by atoms with Gasteiger partial charge in [0, 0.05) is 22.6 Å². The number of allylic oxidation sites excluding steroid dienone is 1. The second-order valence-electron chi connectivity index (χ2n) is 8.81. The van der Waals surface area contributed by atoms with E-state index in [1.807, 2.05) is 69.3 Å². The number of H-pyrrole nitrogens is 1. The van der Waals surface area contributed by atoms with E-state index in [0.717, 1.165) is 39.2 Å². The smallest absolute Gasteiger partial charge is 0.149 e. The Morgan fingerprint density at radius 3 is 2.58 bits per heavy atom. The van der Waals surface area contributed by atoms with E-state index in [1.165, 1.54) is 6.07 Å². The largest absolute Gasteiger partial charge is 0.489 e. The normalized spacial score (nSPS) is 11.6. The maximum atomic E-state index is 13.8. The molecule has 0 unspecified atom stereocenters. The topological polar surface area (TPSA) is 66.6 Å². The molecule has 0 aliphatic rings. The van der Waals surface area contributed by atoms with Crippen LogP contribution in [0, 0.1) is 37.9 Å². The Labute approximate surface area is 209 Å². The minimum Gasteiger partial charge on any atom is -0.489 e. The van der Waals surface area contributed by atoms with Gasteiger partial charge in [-0.1, -0.05) is 24.3 Å². The SMILES string of the molecule is Cc1ccc2nc(/C(C#N)=C\c3cc(C)n(-c4ccc(OCc5ccccc5F)cc4)c3C)[nH]c2c1. The van der Waals surface area contributed by atoms with Crippen LogP contribution in [0.15, 0.2) is 72.8 Å². The van der Waals surface area contributed by atoms with Crippen LogP contribution >= 0.6 is 0 Å². The van der Waals surface area contributed by atoms with Gasteiger partial charge in [0.25, 0.3) is 0 Å². The van der Waals surface area contributed by atoms with Crippen LogP contribution in [-0.4, -0.2) is 14.5 Å². The first-order valence-corrected chi connectivity index (χ1v) is 11.7. The summed E-state index contributed by atoms with van der Waals surface area (Å²) in [5.74, 6) is 0.943. The number of fused-ring (bicyclic) bond motifs is 1. The van der Waals surface area contributed by atoms with Crippen LogP contribution in [0.5, 0.6) is 5.75 Å². The van der Waals surface area contributed by atoms with E-state index < -0.39 is 0 Å². The van der Waals surface area contributed by atoms with Crippen molar-refractivity contribution < 1.29 is 9.13 Å². The molecule has 0 spiro atoms. The molecule has 5 rings (SSSR count). The first kappa shape index (κ1) is 23.1. The summed E-state index contributed by atoms with van der Waals surface area (Å²) in [6.07, 6.45) is 1.87. The molecule has 36 heavy (non-hydrogen) atoms. The van der Waals surface area contributed by atoms with E-state index in [0.29, 0.717) is 22.7 Å². The van der Waals surface area contributed by atoms with E-state index in [-0.39, 0.29) is 12.4 Å². The molecule has 5 nitrogen and oxygen atoms in total. The average Bonchev–Trinajstić information content (AvgIpc) is 3.41. The Morgan fingerprint density at radius 1 is 1.06 bits per heavy atom. The lowest BCUT2D eigenvalue weighted by Gasteiger charge is -2.12. The first-order valence-electron chi connectivity index (χ1n) is 11.7. The summed E-state index contributed by atoms with van der Waals surface area (Å²) in [6.45, 7) is 6.25. The van der Waals surface area contributed by atoms with Gasteiger partial charge in [0.15, 0.2) is 0 Å². The van der Waals surface area contributed by atoms with Gasteiger partial charge in [-0.15, -0.1) is 0 Å². The van der Waals surface area contributed by atoms with E-state index in [1.54, 1.807) is 18.2 Å². The molecular weight excluding hydrogens is 451 g/mol. The molecule has 0 saturated heterocycles. The van der Waals surface area contributed by atoms with Gasteiger partial charge in [0.2, 0.25) is 0 Å². The quantitative estimate of drug-likeness (QED) is 0.267. The molecule has 0 aliphatic heterocycles. The van der Waals surface area contributed by atoms with Crippen LogP contribution in [0.4, 0.5) is 4.39 Å². The van der Waals surface area contributed by atoms with Gasteiger partial charge in [-0.05, 0) is 86.5 Å². The summed E-state index contributed by atoms with van der Waals surface area (Å²) in [5.41, 5.74) is 7.83. The number of ether oxygens (including phenoxy) is 1. The minimum absolute atomic E-state index is 0.167. The summed E-state index contributed by atoms with van der Waals surface area (Å²) in [4.78, 5) is 7.87. The molecule has 178 valence electrons. The van der Waals surface area contributed by atoms with Crippen molar-refractivity contribution in [2.24, 2.45) is 0 Å². The Balaban J connectivity index is 1.40. The summed E-state index contributed by atoms with van der Waals surface area (Å²) >= 11 is 0.